The Morgan fingerprint density at radius 3 is 3.07 bits per heavy atom. The molecule has 0 bridgehead atoms. The standard InChI is InChI=1S/C9H6BrN3S/c10-8-2-1-7(14-8)6-5-12-9(13-6)3-4-11/h1-2,5H,3H2,(H,12,13). The van der Waals surface area contributed by atoms with E-state index in [1.54, 1.807) is 17.5 Å². The van der Waals surface area contributed by atoms with Gasteiger partial charge in [0.2, 0.25) is 0 Å². The fourth-order valence-corrected chi connectivity index (χ4v) is 2.46. The molecule has 0 unspecified atom stereocenters. The van der Waals surface area contributed by atoms with Crippen LogP contribution in [-0.2, 0) is 6.42 Å². The van der Waals surface area contributed by atoms with Crippen molar-refractivity contribution < 1.29 is 0 Å². The monoisotopic (exact) mass is 267 g/mol. The lowest BCUT2D eigenvalue weighted by Gasteiger charge is -1.88. The summed E-state index contributed by atoms with van der Waals surface area (Å²) in [6, 6.07) is 6.06. The van der Waals surface area contributed by atoms with E-state index in [0.29, 0.717) is 12.2 Å². The normalized spacial score (nSPS) is 10.0. The number of aromatic nitrogens is 2. The van der Waals surface area contributed by atoms with Crippen LogP contribution >= 0.6 is 27.3 Å². The highest BCUT2D eigenvalue weighted by molar-refractivity contribution is 9.11. The first-order valence-corrected chi connectivity index (χ1v) is 5.57. The Morgan fingerprint density at radius 1 is 1.57 bits per heavy atom. The molecule has 0 fully saturated rings. The van der Waals surface area contributed by atoms with Gasteiger partial charge in [0.25, 0.3) is 0 Å². The van der Waals surface area contributed by atoms with Crippen LogP contribution in [0.3, 0.4) is 0 Å². The molecular formula is C9H6BrN3S. The summed E-state index contributed by atoms with van der Waals surface area (Å²) in [5, 5.41) is 8.49. The molecule has 1 N–H and O–H groups in total. The number of hydrogen-bond donors (Lipinski definition) is 1. The van der Waals surface area contributed by atoms with Gasteiger partial charge in [0, 0.05) is 0 Å². The van der Waals surface area contributed by atoms with Crippen LogP contribution in [-0.4, -0.2) is 9.97 Å². The number of imidazole rings is 1. The van der Waals surface area contributed by atoms with Crippen molar-refractivity contribution in [1.82, 2.24) is 9.97 Å². The van der Waals surface area contributed by atoms with Crippen molar-refractivity contribution in [3.05, 3.63) is 27.9 Å². The fraction of sp³-hybridized carbons (Fsp3) is 0.111. The molecule has 70 valence electrons. The number of nitrogens with one attached hydrogen (secondary N) is 1. The molecule has 0 spiro atoms. The molecule has 0 saturated carbocycles. The maximum Gasteiger partial charge on any atom is 0.120 e. The maximum absolute atomic E-state index is 8.49. The second-order valence-electron chi connectivity index (χ2n) is 2.68. The number of halogens is 1. The molecule has 3 nitrogen and oxygen atoms in total. The van der Waals surface area contributed by atoms with Gasteiger partial charge in [-0.15, -0.1) is 11.3 Å². The van der Waals surface area contributed by atoms with E-state index in [4.69, 9.17) is 5.26 Å². The minimum Gasteiger partial charge on any atom is -0.340 e. The second kappa shape index (κ2) is 3.95. The van der Waals surface area contributed by atoms with Crippen molar-refractivity contribution in [1.29, 1.82) is 5.26 Å². The molecule has 0 aromatic carbocycles. The Morgan fingerprint density at radius 2 is 2.43 bits per heavy atom. The van der Waals surface area contributed by atoms with Crippen LogP contribution in [0.4, 0.5) is 0 Å². The largest absolute Gasteiger partial charge is 0.340 e. The van der Waals surface area contributed by atoms with E-state index in [9.17, 15) is 0 Å². The predicted molar refractivity (Wildman–Crippen MR) is 58.9 cm³/mol. The Labute approximate surface area is 93.5 Å². The molecule has 2 heterocycles. The van der Waals surface area contributed by atoms with Gasteiger partial charge >= 0.3 is 0 Å². The lowest BCUT2D eigenvalue weighted by Crippen LogP contribution is -1.82. The van der Waals surface area contributed by atoms with Gasteiger partial charge in [0.1, 0.15) is 5.82 Å². The minimum atomic E-state index is 0.326. The van der Waals surface area contributed by atoms with Gasteiger partial charge < -0.3 is 4.98 Å². The molecule has 0 saturated heterocycles. The van der Waals surface area contributed by atoms with E-state index in [2.05, 4.69) is 32.0 Å². The molecular weight excluding hydrogens is 262 g/mol. The van der Waals surface area contributed by atoms with Gasteiger partial charge in [-0.05, 0) is 28.1 Å². The van der Waals surface area contributed by atoms with Crippen LogP contribution in [0.15, 0.2) is 22.1 Å². The zero-order chi connectivity index (χ0) is 9.97. The highest BCUT2D eigenvalue weighted by Crippen LogP contribution is 2.29. The molecule has 14 heavy (non-hydrogen) atoms. The first-order chi connectivity index (χ1) is 6.79. The fourth-order valence-electron chi connectivity index (χ4n) is 1.11. The van der Waals surface area contributed by atoms with Gasteiger partial charge in [-0.1, -0.05) is 0 Å². The predicted octanol–water partition coefficient (Wildman–Crippen LogP) is 2.97. The first-order valence-electron chi connectivity index (χ1n) is 3.96. The summed E-state index contributed by atoms with van der Waals surface area (Å²) < 4.78 is 1.09. The number of H-pyrrole nitrogens is 1. The second-order valence-corrected chi connectivity index (χ2v) is 5.15. The summed E-state index contributed by atoms with van der Waals surface area (Å²) in [5.74, 6) is 0.715. The Bertz CT molecular complexity index is 480. The van der Waals surface area contributed by atoms with Crippen LogP contribution in [0.5, 0.6) is 0 Å². The van der Waals surface area contributed by atoms with Crippen molar-refractivity contribution in [2.45, 2.75) is 6.42 Å². The average Bonchev–Trinajstić information content (AvgIpc) is 2.74. The van der Waals surface area contributed by atoms with Crippen molar-refractivity contribution in [3.8, 4) is 16.6 Å². The molecule has 5 heteroatoms. The number of nitriles is 1. The zero-order valence-corrected chi connectivity index (χ0v) is 9.52. The van der Waals surface area contributed by atoms with Gasteiger partial charge in [0.15, 0.2) is 0 Å². The molecule has 2 aromatic heterocycles. The van der Waals surface area contributed by atoms with E-state index in [0.717, 1.165) is 14.4 Å². The highest BCUT2D eigenvalue weighted by Gasteiger charge is 2.04. The molecule has 2 aromatic rings. The Balaban J connectivity index is 2.30. The molecule has 0 aliphatic rings. The minimum absolute atomic E-state index is 0.326. The van der Waals surface area contributed by atoms with E-state index in [-0.39, 0.29) is 0 Å². The van der Waals surface area contributed by atoms with Gasteiger partial charge in [-0.3, -0.25) is 0 Å². The number of rotatable bonds is 2. The molecule has 0 aliphatic heterocycles. The first kappa shape index (κ1) is 9.44. The summed E-state index contributed by atoms with van der Waals surface area (Å²) >= 11 is 5.03. The summed E-state index contributed by atoms with van der Waals surface area (Å²) in [4.78, 5) is 8.32. The maximum atomic E-state index is 8.49. The van der Waals surface area contributed by atoms with Gasteiger partial charge in [-0.25, -0.2) is 4.98 Å². The Hall–Kier alpha value is -1.12. The number of aromatic amines is 1. The number of thiophene rings is 1. The number of hydrogen-bond acceptors (Lipinski definition) is 3. The van der Waals surface area contributed by atoms with Gasteiger partial charge in [0.05, 0.1) is 33.0 Å². The van der Waals surface area contributed by atoms with E-state index >= 15 is 0 Å². The molecule has 0 radical (unpaired) electrons. The molecule has 0 atom stereocenters. The van der Waals surface area contributed by atoms with Crippen LogP contribution in [0.1, 0.15) is 5.82 Å². The third-order valence-corrected chi connectivity index (χ3v) is 3.37. The lowest BCUT2D eigenvalue weighted by molar-refractivity contribution is 1.07. The summed E-state index contributed by atoms with van der Waals surface area (Å²) in [6.07, 6.45) is 2.08. The topological polar surface area (TPSA) is 52.5 Å². The number of nitrogens with zero attached hydrogens (tertiary/aromatic N) is 2. The summed E-state index contributed by atoms with van der Waals surface area (Å²) in [6.45, 7) is 0. The zero-order valence-electron chi connectivity index (χ0n) is 7.12. The van der Waals surface area contributed by atoms with Crippen molar-refractivity contribution in [2.24, 2.45) is 0 Å². The van der Waals surface area contributed by atoms with Crippen molar-refractivity contribution in [3.63, 3.8) is 0 Å². The average molecular weight is 268 g/mol. The van der Waals surface area contributed by atoms with Crippen LogP contribution in [0, 0.1) is 11.3 Å². The van der Waals surface area contributed by atoms with E-state index in [1.165, 1.54) is 0 Å². The molecule has 2 rings (SSSR count). The quantitative estimate of drug-likeness (QED) is 0.910. The summed E-state index contributed by atoms with van der Waals surface area (Å²) in [5.41, 5.74) is 0.964. The third-order valence-electron chi connectivity index (χ3n) is 1.71. The van der Waals surface area contributed by atoms with Crippen LogP contribution in [0.2, 0.25) is 0 Å². The van der Waals surface area contributed by atoms with Crippen molar-refractivity contribution >= 4 is 27.3 Å². The lowest BCUT2D eigenvalue weighted by atomic mass is 10.4. The van der Waals surface area contributed by atoms with Crippen molar-refractivity contribution in [2.75, 3.05) is 0 Å². The highest BCUT2D eigenvalue weighted by atomic mass is 79.9. The van der Waals surface area contributed by atoms with Crippen LogP contribution in [0.25, 0.3) is 10.6 Å². The molecule has 0 aliphatic carbocycles. The molecule has 0 amide bonds. The smallest absolute Gasteiger partial charge is 0.120 e. The van der Waals surface area contributed by atoms with E-state index in [1.807, 2.05) is 12.1 Å². The van der Waals surface area contributed by atoms with Crippen LogP contribution < -0.4 is 0 Å². The van der Waals surface area contributed by atoms with E-state index < -0.39 is 0 Å². The summed E-state index contributed by atoms with van der Waals surface area (Å²) in [7, 11) is 0. The SMILES string of the molecule is N#CCc1ncc(-c2ccc(Br)s2)[nH]1. The Kier molecular flexibility index (Phi) is 2.66. The third kappa shape index (κ3) is 1.86. The van der Waals surface area contributed by atoms with Gasteiger partial charge in [-0.2, -0.15) is 5.26 Å².